The number of carboxylic acid groups (broad SMARTS) is 1. The number of Topliss-reactive ketones (excluding diaryl/α,β-unsaturated/α-hetero) is 1. The first-order valence-electron chi connectivity index (χ1n) is 8.17. The van der Waals surface area contributed by atoms with Gasteiger partial charge in [0.25, 0.3) is 0 Å². The van der Waals surface area contributed by atoms with Crippen LogP contribution < -0.4 is 11.1 Å². The van der Waals surface area contributed by atoms with Crippen molar-refractivity contribution >= 4 is 22.5 Å². The van der Waals surface area contributed by atoms with E-state index in [0.29, 0.717) is 24.1 Å². The van der Waals surface area contributed by atoms with Gasteiger partial charge in [0.2, 0.25) is 0 Å². The summed E-state index contributed by atoms with van der Waals surface area (Å²) < 4.78 is 0. The molecule has 6 heteroatoms. The number of carbonyl (C=O) groups excluding carboxylic acids is 1. The van der Waals surface area contributed by atoms with Crippen molar-refractivity contribution < 1.29 is 14.7 Å². The van der Waals surface area contributed by atoms with Gasteiger partial charge in [0.05, 0.1) is 17.2 Å². The first-order chi connectivity index (χ1) is 12.1. The number of benzene rings is 1. The number of carboxylic acids is 1. The van der Waals surface area contributed by atoms with E-state index in [1.54, 1.807) is 6.20 Å². The number of rotatable bonds is 2. The van der Waals surface area contributed by atoms with Gasteiger partial charge in [-0.1, -0.05) is 24.3 Å². The Bertz CT molecular complexity index is 970. The Kier molecular flexibility index (Phi) is 3.53. The Hall–Kier alpha value is -3.15. The van der Waals surface area contributed by atoms with Crippen molar-refractivity contribution in [3.63, 3.8) is 0 Å². The summed E-state index contributed by atoms with van der Waals surface area (Å²) in [5.41, 5.74) is 7.77. The fourth-order valence-corrected chi connectivity index (χ4v) is 3.74. The summed E-state index contributed by atoms with van der Waals surface area (Å²) in [5.74, 6) is -1.86. The Morgan fingerprint density at radius 3 is 2.84 bits per heavy atom. The highest BCUT2D eigenvalue weighted by atomic mass is 16.4. The van der Waals surface area contributed by atoms with Gasteiger partial charge in [-0.25, -0.2) is 4.79 Å². The number of aliphatic carboxylic acids is 1. The van der Waals surface area contributed by atoms with Crippen molar-refractivity contribution in [3.05, 3.63) is 64.9 Å². The molecule has 1 aromatic heterocycles. The molecule has 1 atom stereocenters. The molecule has 6 nitrogen and oxygen atoms in total. The summed E-state index contributed by atoms with van der Waals surface area (Å²) in [6.45, 7) is 0. The quantitative estimate of drug-likeness (QED) is 0.777. The Morgan fingerprint density at radius 2 is 2.04 bits per heavy atom. The predicted molar refractivity (Wildman–Crippen MR) is 92.4 cm³/mol. The van der Waals surface area contributed by atoms with E-state index in [-0.39, 0.29) is 17.2 Å². The van der Waals surface area contributed by atoms with Crippen LogP contribution in [0.4, 0.5) is 0 Å². The van der Waals surface area contributed by atoms with Gasteiger partial charge in [-0.3, -0.25) is 9.78 Å². The molecule has 4 N–H and O–H groups in total. The van der Waals surface area contributed by atoms with E-state index in [2.05, 4.69) is 10.3 Å². The number of allylic oxidation sites excluding steroid dienone is 2. The van der Waals surface area contributed by atoms with Crippen LogP contribution in [0.1, 0.15) is 30.9 Å². The van der Waals surface area contributed by atoms with Crippen LogP contribution in [0.25, 0.3) is 10.8 Å². The molecule has 0 spiro atoms. The predicted octanol–water partition coefficient (Wildman–Crippen LogP) is 2.18. The van der Waals surface area contributed by atoms with Crippen molar-refractivity contribution in [1.29, 1.82) is 0 Å². The first-order valence-corrected chi connectivity index (χ1v) is 8.17. The molecule has 1 aliphatic carbocycles. The lowest BCUT2D eigenvalue weighted by Crippen LogP contribution is -2.37. The van der Waals surface area contributed by atoms with Gasteiger partial charge in [0, 0.05) is 29.3 Å². The zero-order valence-electron chi connectivity index (χ0n) is 13.5. The molecule has 126 valence electrons. The lowest BCUT2D eigenvalue weighted by atomic mass is 9.76. The van der Waals surface area contributed by atoms with Gasteiger partial charge < -0.3 is 16.2 Å². The van der Waals surface area contributed by atoms with E-state index in [1.165, 1.54) is 0 Å². The number of fused-ring (bicyclic) bond motifs is 1. The third-order valence-corrected chi connectivity index (χ3v) is 4.82. The summed E-state index contributed by atoms with van der Waals surface area (Å²) in [7, 11) is 0. The molecule has 1 unspecified atom stereocenters. The van der Waals surface area contributed by atoms with E-state index >= 15 is 0 Å². The second-order valence-electron chi connectivity index (χ2n) is 6.28. The largest absolute Gasteiger partial charge is 0.478 e. The minimum atomic E-state index is -1.14. The highest BCUT2D eigenvalue weighted by molar-refractivity contribution is 6.04. The van der Waals surface area contributed by atoms with Crippen LogP contribution in [0.5, 0.6) is 0 Å². The average Bonchev–Trinajstić information content (AvgIpc) is 2.60. The van der Waals surface area contributed by atoms with Crippen molar-refractivity contribution in [2.75, 3.05) is 0 Å². The molecule has 2 aliphatic rings. The molecular weight excluding hydrogens is 318 g/mol. The average molecular weight is 335 g/mol. The van der Waals surface area contributed by atoms with Crippen LogP contribution in [0.2, 0.25) is 0 Å². The van der Waals surface area contributed by atoms with E-state index in [0.717, 1.165) is 22.9 Å². The number of hydrogen-bond acceptors (Lipinski definition) is 5. The summed E-state index contributed by atoms with van der Waals surface area (Å²) in [4.78, 5) is 29.0. The fourth-order valence-electron chi connectivity index (χ4n) is 3.74. The molecule has 0 saturated heterocycles. The number of hydrogen-bond donors (Lipinski definition) is 3. The number of nitrogens with zero attached hydrogens (tertiary/aromatic N) is 1. The van der Waals surface area contributed by atoms with Crippen LogP contribution in [-0.4, -0.2) is 21.8 Å². The lowest BCUT2D eigenvalue weighted by molar-refractivity contribution is -0.133. The minimum absolute atomic E-state index is 0.0159. The molecule has 0 saturated carbocycles. The van der Waals surface area contributed by atoms with Crippen molar-refractivity contribution in [2.24, 2.45) is 5.73 Å². The van der Waals surface area contributed by atoms with Gasteiger partial charge in [0.15, 0.2) is 5.78 Å². The topological polar surface area (TPSA) is 105 Å². The van der Waals surface area contributed by atoms with Crippen molar-refractivity contribution in [2.45, 2.75) is 25.2 Å². The summed E-state index contributed by atoms with van der Waals surface area (Å²) >= 11 is 0. The second kappa shape index (κ2) is 5.73. The maximum atomic E-state index is 12.6. The van der Waals surface area contributed by atoms with Crippen LogP contribution >= 0.6 is 0 Å². The maximum Gasteiger partial charge on any atom is 0.336 e. The molecule has 25 heavy (non-hydrogen) atoms. The van der Waals surface area contributed by atoms with E-state index in [1.807, 2.05) is 30.3 Å². The van der Waals surface area contributed by atoms with Gasteiger partial charge in [-0.05, 0) is 24.3 Å². The highest BCUT2D eigenvalue weighted by Gasteiger charge is 2.40. The van der Waals surface area contributed by atoms with Crippen molar-refractivity contribution in [3.8, 4) is 0 Å². The van der Waals surface area contributed by atoms with Crippen LogP contribution in [0.3, 0.4) is 0 Å². The Labute approximate surface area is 144 Å². The molecule has 4 rings (SSSR count). The second-order valence-corrected chi connectivity index (χ2v) is 6.28. The summed E-state index contributed by atoms with van der Waals surface area (Å²) in [5, 5.41) is 14.5. The zero-order chi connectivity index (χ0) is 17.6. The fraction of sp³-hybridized carbons (Fsp3) is 0.211. The third-order valence-electron chi connectivity index (χ3n) is 4.82. The van der Waals surface area contributed by atoms with Gasteiger partial charge >= 0.3 is 5.97 Å². The number of nitrogens with one attached hydrogen (secondary N) is 1. The number of carbonyl (C=O) groups is 2. The molecule has 0 bridgehead atoms. The molecule has 2 heterocycles. The number of pyridine rings is 1. The number of ketones is 1. The smallest absolute Gasteiger partial charge is 0.336 e. The first kappa shape index (κ1) is 15.4. The number of dihydropyridines is 1. The molecule has 0 radical (unpaired) electrons. The molecule has 0 amide bonds. The monoisotopic (exact) mass is 335 g/mol. The Balaban J connectivity index is 2.02. The molecule has 1 aromatic carbocycles. The normalized spacial score (nSPS) is 20.5. The SMILES string of the molecule is NC1=C(C(=O)O)C(c2nccc3ccccc23)C2=C(CCCC2=O)N1. The third kappa shape index (κ3) is 2.38. The van der Waals surface area contributed by atoms with Crippen LogP contribution in [-0.2, 0) is 9.59 Å². The molecule has 0 fully saturated rings. The van der Waals surface area contributed by atoms with Gasteiger partial charge in [-0.2, -0.15) is 0 Å². The van der Waals surface area contributed by atoms with Crippen LogP contribution in [0, 0.1) is 0 Å². The Morgan fingerprint density at radius 1 is 1.24 bits per heavy atom. The summed E-state index contributed by atoms with van der Waals surface area (Å²) in [6, 6.07) is 9.48. The van der Waals surface area contributed by atoms with E-state index in [9.17, 15) is 14.7 Å². The van der Waals surface area contributed by atoms with E-state index < -0.39 is 11.9 Å². The maximum absolute atomic E-state index is 12.6. The van der Waals surface area contributed by atoms with Gasteiger partial charge in [-0.15, -0.1) is 0 Å². The lowest BCUT2D eigenvalue weighted by Gasteiger charge is -2.33. The zero-order valence-corrected chi connectivity index (χ0v) is 13.5. The molecule has 2 aromatic rings. The standard InChI is InChI=1S/C19H17N3O3/c20-18-16(19(24)25)15(14-12(22-18)6-3-7-13(14)23)17-11-5-2-1-4-10(11)8-9-21-17/h1-2,4-5,8-9,15,22H,3,6-7,20H2,(H,24,25). The van der Waals surface area contributed by atoms with Crippen LogP contribution in [0.15, 0.2) is 59.2 Å². The molecular formula is C19H17N3O3. The number of nitrogens with two attached hydrogens (primary N) is 1. The summed E-state index contributed by atoms with van der Waals surface area (Å²) in [6.07, 6.45) is 3.46. The molecule has 1 aliphatic heterocycles. The minimum Gasteiger partial charge on any atom is -0.478 e. The van der Waals surface area contributed by atoms with Crippen molar-refractivity contribution in [1.82, 2.24) is 10.3 Å². The van der Waals surface area contributed by atoms with Gasteiger partial charge in [0.1, 0.15) is 5.82 Å². The van der Waals surface area contributed by atoms with E-state index in [4.69, 9.17) is 5.73 Å². The highest BCUT2D eigenvalue weighted by Crippen LogP contribution is 2.42. The number of aromatic nitrogens is 1.